The number of hydrogen-bond donors (Lipinski definition) is 0. The zero-order valence-electron chi connectivity index (χ0n) is 15.9. The Bertz CT molecular complexity index is 586. The van der Waals surface area contributed by atoms with Crippen LogP contribution in [-0.4, -0.2) is 64.4 Å². The smallest absolute Gasteiger partial charge is 0.187 e. The van der Waals surface area contributed by atoms with E-state index in [0.717, 1.165) is 37.2 Å². The largest absolute Gasteiger partial charge is 0.497 e. The molecule has 3 fully saturated rings. The van der Waals surface area contributed by atoms with E-state index in [1.807, 2.05) is 24.3 Å². The van der Waals surface area contributed by atoms with Crippen LogP contribution in [0.1, 0.15) is 24.8 Å². The van der Waals surface area contributed by atoms with E-state index in [0.29, 0.717) is 13.2 Å². The van der Waals surface area contributed by atoms with Gasteiger partial charge in [-0.1, -0.05) is 12.1 Å². The van der Waals surface area contributed by atoms with Crippen LogP contribution in [0.15, 0.2) is 24.3 Å². The molecule has 1 aromatic rings. The van der Waals surface area contributed by atoms with Crippen LogP contribution in [-0.2, 0) is 35.0 Å². The van der Waals surface area contributed by atoms with Gasteiger partial charge in [-0.15, -0.1) is 0 Å². The van der Waals surface area contributed by atoms with Crippen molar-refractivity contribution in [3.8, 4) is 5.75 Å². The van der Waals surface area contributed by atoms with Crippen LogP contribution in [0.5, 0.6) is 5.75 Å². The van der Waals surface area contributed by atoms with Crippen molar-refractivity contribution in [2.75, 3.05) is 27.4 Å². The van der Waals surface area contributed by atoms with Gasteiger partial charge in [0.05, 0.1) is 20.3 Å². The highest BCUT2D eigenvalue weighted by atomic mass is 16.8. The van der Waals surface area contributed by atoms with Crippen molar-refractivity contribution in [1.29, 1.82) is 0 Å². The summed E-state index contributed by atoms with van der Waals surface area (Å²) >= 11 is 0. The Hall–Kier alpha value is -1.22. The molecular formula is C20H28O7. The first-order chi connectivity index (χ1) is 13.3. The number of ether oxygens (including phenoxy) is 7. The van der Waals surface area contributed by atoms with Crippen molar-refractivity contribution < 1.29 is 33.2 Å². The fourth-order valence-electron chi connectivity index (χ4n) is 3.85. The fourth-order valence-corrected chi connectivity index (χ4v) is 3.85. The second kappa shape index (κ2) is 8.86. The lowest BCUT2D eigenvalue weighted by molar-refractivity contribution is -0.292. The molecule has 4 rings (SSSR count). The van der Waals surface area contributed by atoms with Crippen molar-refractivity contribution in [2.45, 2.75) is 62.9 Å². The lowest BCUT2D eigenvalue weighted by Crippen LogP contribution is -2.57. The molecule has 0 aliphatic carbocycles. The molecule has 2 bridgehead atoms. The topological polar surface area (TPSA) is 64.6 Å². The molecule has 0 N–H and O–H groups in total. The molecule has 3 saturated heterocycles. The monoisotopic (exact) mass is 380 g/mol. The second-order valence-electron chi connectivity index (χ2n) is 7.10. The normalized spacial score (nSPS) is 35.9. The van der Waals surface area contributed by atoms with E-state index in [-0.39, 0.29) is 30.7 Å². The zero-order valence-corrected chi connectivity index (χ0v) is 15.9. The minimum atomic E-state index is -0.440. The average molecular weight is 380 g/mol. The van der Waals surface area contributed by atoms with Gasteiger partial charge in [-0.05, 0) is 37.0 Å². The van der Waals surface area contributed by atoms with Crippen molar-refractivity contribution in [3.63, 3.8) is 0 Å². The summed E-state index contributed by atoms with van der Waals surface area (Å²) < 4.78 is 40.9. The van der Waals surface area contributed by atoms with E-state index in [9.17, 15) is 0 Å². The standard InChI is InChI=1S/C20H28O7/c1-21-14-8-6-13(7-9-14)11-24-19-18(22-2)17(15-12-25-20(19)26-15)27-16-5-3-4-10-23-16/h6-9,15-20H,3-5,10-12H2,1-2H3/t15?,16?,17-,18-,19?,20-/m0/s1. The van der Waals surface area contributed by atoms with Gasteiger partial charge in [0.2, 0.25) is 0 Å². The van der Waals surface area contributed by atoms with Crippen molar-refractivity contribution >= 4 is 0 Å². The Morgan fingerprint density at radius 2 is 1.85 bits per heavy atom. The zero-order chi connectivity index (χ0) is 18.6. The van der Waals surface area contributed by atoms with Gasteiger partial charge in [0.25, 0.3) is 0 Å². The van der Waals surface area contributed by atoms with Gasteiger partial charge < -0.3 is 33.2 Å². The third-order valence-electron chi connectivity index (χ3n) is 5.34. The van der Waals surface area contributed by atoms with Crippen molar-refractivity contribution in [3.05, 3.63) is 29.8 Å². The van der Waals surface area contributed by atoms with Gasteiger partial charge in [-0.25, -0.2) is 0 Å². The molecule has 7 heteroatoms. The molecule has 0 aromatic heterocycles. The van der Waals surface area contributed by atoms with Crippen LogP contribution in [0.3, 0.4) is 0 Å². The number of methoxy groups -OCH3 is 2. The van der Waals surface area contributed by atoms with Gasteiger partial charge >= 0.3 is 0 Å². The first kappa shape index (κ1) is 19.1. The van der Waals surface area contributed by atoms with Crippen LogP contribution in [0.2, 0.25) is 0 Å². The minimum absolute atomic E-state index is 0.161. The first-order valence-electron chi connectivity index (χ1n) is 9.60. The predicted molar refractivity (Wildman–Crippen MR) is 95.4 cm³/mol. The summed E-state index contributed by atoms with van der Waals surface area (Å²) in [6.45, 7) is 1.64. The summed E-state index contributed by atoms with van der Waals surface area (Å²) in [6.07, 6.45) is 1.33. The molecule has 3 unspecified atom stereocenters. The Balaban J connectivity index is 1.42. The van der Waals surface area contributed by atoms with E-state index < -0.39 is 6.29 Å². The summed E-state index contributed by atoms with van der Waals surface area (Å²) in [6, 6.07) is 7.79. The van der Waals surface area contributed by atoms with E-state index in [2.05, 4.69) is 0 Å². The highest BCUT2D eigenvalue weighted by Crippen LogP contribution is 2.35. The van der Waals surface area contributed by atoms with E-state index >= 15 is 0 Å². The molecule has 3 aliphatic rings. The van der Waals surface area contributed by atoms with Gasteiger partial charge in [-0.2, -0.15) is 0 Å². The summed E-state index contributed by atoms with van der Waals surface area (Å²) in [5, 5.41) is 0. The lowest BCUT2D eigenvalue weighted by atomic mass is 10.00. The van der Waals surface area contributed by atoms with Crippen LogP contribution in [0.4, 0.5) is 0 Å². The average Bonchev–Trinajstić information content (AvgIpc) is 3.16. The summed E-state index contributed by atoms with van der Waals surface area (Å²) in [5.41, 5.74) is 1.04. The predicted octanol–water partition coefficient (Wildman–Crippen LogP) is 2.26. The van der Waals surface area contributed by atoms with E-state index in [1.165, 1.54) is 0 Å². The fraction of sp³-hybridized carbons (Fsp3) is 0.700. The Morgan fingerprint density at radius 3 is 2.56 bits per heavy atom. The minimum Gasteiger partial charge on any atom is -0.497 e. The maximum absolute atomic E-state index is 6.23. The van der Waals surface area contributed by atoms with Crippen molar-refractivity contribution in [1.82, 2.24) is 0 Å². The number of fused-ring (bicyclic) bond motifs is 2. The molecule has 0 radical (unpaired) electrons. The molecule has 3 aliphatic heterocycles. The molecule has 0 amide bonds. The van der Waals surface area contributed by atoms with E-state index in [1.54, 1.807) is 14.2 Å². The maximum Gasteiger partial charge on any atom is 0.187 e. The molecule has 0 saturated carbocycles. The first-order valence-corrected chi connectivity index (χ1v) is 9.60. The SMILES string of the molecule is COc1ccc(COC2[C@H]3OCC(O3)[C@H](OC3CCCCO3)[C@@H]2OC)cc1. The third kappa shape index (κ3) is 4.29. The van der Waals surface area contributed by atoms with Gasteiger partial charge in [0, 0.05) is 13.7 Å². The van der Waals surface area contributed by atoms with Crippen molar-refractivity contribution in [2.24, 2.45) is 0 Å². The van der Waals surface area contributed by atoms with Crippen LogP contribution < -0.4 is 4.74 Å². The van der Waals surface area contributed by atoms with Crippen LogP contribution in [0, 0.1) is 0 Å². The van der Waals surface area contributed by atoms with Gasteiger partial charge in [0.15, 0.2) is 12.6 Å². The van der Waals surface area contributed by atoms with Crippen LogP contribution in [0.25, 0.3) is 0 Å². The summed E-state index contributed by atoms with van der Waals surface area (Å²) in [7, 11) is 3.33. The summed E-state index contributed by atoms with van der Waals surface area (Å²) in [4.78, 5) is 0. The molecule has 3 heterocycles. The molecule has 7 nitrogen and oxygen atoms in total. The third-order valence-corrected chi connectivity index (χ3v) is 5.34. The Kier molecular flexibility index (Phi) is 6.27. The van der Waals surface area contributed by atoms with E-state index in [4.69, 9.17) is 33.2 Å². The molecule has 1 aromatic carbocycles. The van der Waals surface area contributed by atoms with Gasteiger partial charge in [0.1, 0.15) is 30.2 Å². The molecule has 6 atom stereocenters. The number of rotatable bonds is 7. The Labute approximate surface area is 159 Å². The second-order valence-corrected chi connectivity index (χ2v) is 7.10. The molecule has 27 heavy (non-hydrogen) atoms. The molecule has 0 spiro atoms. The van der Waals surface area contributed by atoms with Crippen LogP contribution >= 0.6 is 0 Å². The molecule has 150 valence electrons. The summed E-state index contributed by atoms with van der Waals surface area (Å²) in [5.74, 6) is 0.817. The number of benzene rings is 1. The van der Waals surface area contributed by atoms with Gasteiger partial charge in [-0.3, -0.25) is 0 Å². The number of hydrogen-bond acceptors (Lipinski definition) is 7. The maximum atomic E-state index is 6.23. The Morgan fingerprint density at radius 1 is 1.00 bits per heavy atom. The quantitative estimate of drug-likeness (QED) is 0.719. The molecular weight excluding hydrogens is 352 g/mol. The highest BCUT2D eigenvalue weighted by molar-refractivity contribution is 5.26. The highest BCUT2D eigenvalue weighted by Gasteiger charge is 2.53. The lowest BCUT2D eigenvalue weighted by Gasteiger charge is -2.41.